The van der Waals surface area contributed by atoms with Gasteiger partial charge in [0, 0.05) is 12.7 Å². The third-order valence-corrected chi connectivity index (χ3v) is 3.81. The Hall–Kier alpha value is -0.890. The molecule has 1 N–H and O–H groups in total. The number of nitrogens with one attached hydrogen (secondary N) is 1. The zero-order valence-electron chi connectivity index (χ0n) is 10.9. The Bertz CT molecular complexity index is 310. The highest BCUT2D eigenvalue weighted by Crippen LogP contribution is 2.30. The minimum atomic E-state index is 0.906. The Morgan fingerprint density at radius 3 is 3.06 bits per heavy atom. The molecule has 1 aromatic rings. The fourth-order valence-electron chi connectivity index (χ4n) is 2.85. The fourth-order valence-corrected chi connectivity index (χ4v) is 2.85. The van der Waals surface area contributed by atoms with Crippen LogP contribution >= 0.6 is 0 Å². The lowest BCUT2D eigenvalue weighted by molar-refractivity contribution is 0.267. The first kappa shape index (κ1) is 12.6. The quantitative estimate of drug-likeness (QED) is 0.787. The molecule has 0 radical (unpaired) electrons. The number of pyridine rings is 1. The first-order valence-electron chi connectivity index (χ1n) is 6.95. The summed E-state index contributed by atoms with van der Waals surface area (Å²) in [4.78, 5) is 4.31. The van der Waals surface area contributed by atoms with Crippen molar-refractivity contribution in [1.82, 2.24) is 10.3 Å². The Balaban J connectivity index is 1.60. The molecule has 1 aromatic heterocycles. The van der Waals surface area contributed by atoms with E-state index in [1.54, 1.807) is 0 Å². The zero-order chi connectivity index (χ0) is 11.9. The number of hydrogen-bond acceptors (Lipinski definition) is 2. The molecular weight excluding hydrogens is 208 g/mol. The fraction of sp³-hybridized carbons (Fsp3) is 0.667. The second-order valence-electron chi connectivity index (χ2n) is 5.42. The highest BCUT2D eigenvalue weighted by molar-refractivity contribution is 5.02. The van der Waals surface area contributed by atoms with Gasteiger partial charge in [-0.15, -0.1) is 0 Å². The van der Waals surface area contributed by atoms with E-state index in [0.717, 1.165) is 30.6 Å². The summed E-state index contributed by atoms with van der Waals surface area (Å²) in [6, 6.07) is 6.09. The standard InChI is InChI=1S/C15H24N2/c1-13-5-4-6-14(11-13)8-10-16-12-15-7-2-3-9-17-15/h2-3,7,9,13-14,16H,4-6,8,10-12H2,1H3. The lowest BCUT2D eigenvalue weighted by atomic mass is 9.81. The van der Waals surface area contributed by atoms with Gasteiger partial charge in [-0.3, -0.25) is 4.98 Å². The monoisotopic (exact) mass is 232 g/mol. The minimum Gasteiger partial charge on any atom is -0.311 e. The average Bonchev–Trinajstić information content (AvgIpc) is 2.36. The van der Waals surface area contributed by atoms with Gasteiger partial charge in [0.15, 0.2) is 0 Å². The molecule has 2 nitrogen and oxygen atoms in total. The van der Waals surface area contributed by atoms with E-state index in [1.807, 2.05) is 18.3 Å². The highest BCUT2D eigenvalue weighted by Gasteiger charge is 2.17. The maximum Gasteiger partial charge on any atom is 0.0541 e. The Morgan fingerprint density at radius 1 is 1.35 bits per heavy atom. The van der Waals surface area contributed by atoms with Gasteiger partial charge in [0.05, 0.1) is 5.69 Å². The van der Waals surface area contributed by atoms with E-state index in [4.69, 9.17) is 0 Å². The molecule has 2 rings (SSSR count). The largest absolute Gasteiger partial charge is 0.311 e. The summed E-state index contributed by atoms with van der Waals surface area (Å²) in [5, 5.41) is 3.50. The van der Waals surface area contributed by atoms with Gasteiger partial charge in [0.2, 0.25) is 0 Å². The molecule has 1 aliphatic rings. The second kappa shape index (κ2) is 6.75. The molecule has 0 aromatic carbocycles. The zero-order valence-corrected chi connectivity index (χ0v) is 10.9. The van der Waals surface area contributed by atoms with Gasteiger partial charge in [0.1, 0.15) is 0 Å². The van der Waals surface area contributed by atoms with Crippen molar-refractivity contribution in [2.24, 2.45) is 11.8 Å². The van der Waals surface area contributed by atoms with E-state index in [-0.39, 0.29) is 0 Å². The number of aromatic nitrogens is 1. The van der Waals surface area contributed by atoms with Crippen LogP contribution in [0.25, 0.3) is 0 Å². The van der Waals surface area contributed by atoms with Crippen molar-refractivity contribution in [3.8, 4) is 0 Å². The smallest absolute Gasteiger partial charge is 0.0541 e. The van der Waals surface area contributed by atoms with Crippen LogP contribution in [0.5, 0.6) is 0 Å². The molecule has 2 unspecified atom stereocenters. The first-order valence-corrected chi connectivity index (χ1v) is 6.95. The third-order valence-electron chi connectivity index (χ3n) is 3.81. The molecule has 1 aliphatic carbocycles. The molecule has 17 heavy (non-hydrogen) atoms. The summed E-state index contributed by atoms with van der Waals surface area (Å²) in [7, 11) is 0. The molecule has 1 fully saturated rings. The summed E-state index contributed by atoms with van der Waals surface area (Å²) >= 11 is 0. The van der Waals surface area contributed by atoms with Crippen molar-refractivity contribution in [3.05, 3.63) is 30.1 Å². The molecule has 1 saturated carbocycles. The molecule has 2 atom stereocenters. The van der Waals surface area contributed by atoms with Crippen molar-refractivity contribution in [2.45, 2.75) is 45.6 Å². The number of hydrogen-bond donors (Lipinski definition) is 1. The highest BCUT2D eigenvalue weighted by atomic mass is 14.9. The topological polar surface area (TPSA) is 24.9 Å². The summed E-state index contributed by atoms with van der Waals surface area (Å²) in [5.41, 5.74) is 1.14. The van der Waals surface area contributed by atoms with Crippen LogP contribution in [-0.2, 0) is 6.54 Å². The summed E-state index contributed by atoms with van der Waals surface area (Å²) in [6.45, 7) is 4.44. The van der Waals surface area contributed by atoms with Gasteiger partial charge in [-0.05, 0) is 43.4 Å². The molecule has 2 heteroatoms. The van der Waals surface area contributed by atoms with Crippen molar-refractivity contribution >= 4 is 0 Å². The lowest BCUT2D eigenvalue weighted by Crippen LogP contribution is -2.21. The maximum atomic E-state index is 4.31. The van der Waals surface area contributed by atoms with E-state index in [9.17, 15) is 0 Å². The van der Waals surface area contributed by atoms with Crippen LogP contribution in [0.1, 0.15) is 44.7 Å². The molecule has 0 bridgehead atoms. The van der Waals surface area contributed by atoms with Crippen LogP contribution in [-0.4, -0.2) is 11.5 Å². The van der Waals surface area contributed by atoms with E-state index in [1.165, 1.54) is 32.1 Å². The molecular formula is C15H24N2. The normalized spacial score (nSPS) is 24.8. The molecule has 94 valence electrons. The van der Waals surface area contributed by atoms with Gasteiger partial charge in [-0.1, -0.05) is 32.3 Å². The van der Waals surface area contributed by atoms with E-state index >= 15 is 0 Å². The lowest BCUT2D eigenvalue weighted by Gasteiger charge is -2.26. The average molecular weight is 232 g/mol. The van der Waals surface area contributed by atoms with E-state index < -0.39 is 0 Å². The Labute approximate surface area is 105 Å². The predicted molar refractivity (Wildman–Crippen MR) is 71.7 cm³/mol. The van der Waals surface area contributed by atoms with Gasteiger partial charge in [-0.25, -0.2) is 0 Å². The van der Waals surface area contributed by atoms with Gasteiger partial charge in [-0.2, -0.15) is 0 Å². The maximum absolute atomic E-state index is 4.31. The van der Waals surface area contributed by atoms with Crippen LogP contribution in [0, 0.1) is 11.8 Å². The summed E-state index contributed by atoms with van der Waals surface area (Å²) < 4.78 is 0. The molecule has 0 amide bonds. The third kappa shape index (κ3) is 4.47. The second-order valence-corrected chi connectivity index (χ2v) is 5.42. The van der Waals surface area contributed by atoms with Crippen molar-refractivity contribution in [2.75, 3.05) is 6.54 Å². The Kier molecular flexibility index (Phi) is 4.99. The van der Waals surface area contributed by atoms with Crippen LogP contribution in [0.15, 0.2) is 24.4 Å². The van der Waals surface area contributed by atoms with Crippen LogP contribution in [0.4, 0.5) is 0 Å². The van der Waals surface area contributed by atoms with Gasteiger partial charge in [0.25, 0.3) is 0 Å². The number of rotatable bonds is 5. The number of nitrogens with zero attached hydrogens (tertiary/aromatic N) is 1. The molecule has 0 spiro atoms. The van der Waals surface area contributed by atoms with Gasteiger partial charge < -0.3 is 5.32 Å². The van der Waals surface area contributed by atoms with Crippen LogP contribution in [0.2, 0.25) is 0 Å². The molecule has 0 saturated heterocycles. The molecule has 1 heterocycles. The summed E-state index contributed by atoms with van der Waals surface area (Å²) in [6.07, 6.45) is 8.95. The first-order chi connectivity index (χ1) is 8.34. The SMILES string of the molecule is CC1CCCC(CCNCc2ccccn2)C1. The van der Waals surface area contributed by atoms with E-state index in [0.29, 0.717) is 0 Å². The van der Waals surface area contributed by atoms with Crippen molar-refractivity contribution in [1.29, 1.82) is 0 Å². The predicted octanol–water partition coefficient (Wildman–Crippen LogP) is 3.39. The Morgan fingerprint density at radius 2 is 2.29 bits per heavy atom. The minimum absolute atomic E-state index is 0.906. The van der Waals surface area contributed by atoms with Crippen molar-refractivity contribution < 1.29 is 0 Å². The summed E-state index contributed by atoms with van der Waals surface area (Å²) in [5.74, 6) is 1.90. The van der Waals surface area contributed by atoms with E-state index in [2.05, 4.69) is 23.3 Å². The van der Waals surface area contributed by atoms with Crippen LogP contribution in [0.3, 0.4) is 0 Å². The van der Waals surface area contributed by atoms with Crippen LogP contribution < -0.4 is 5.32 Å². The molecule has 0 aliphatic heterocycles. The van der Waals surface area contributed by atoms with Crippen molar-refractivity contribution in [3.63, 3.8) is 0 Å². The van der Waals surface area contributed by atoms with Gasteiger partial charge >= 0.3 is 0 Å².